The zero-order chi connectivity index (χ0) is 12.5. The summed E-state index contributed by atoms with van der Waals surface area (Å²) in [6.45, 7) is 2.03. The van der Waals surface area contributed by atoms with Gasteiger partial charge in [-0.1, -0.05) is 18.2 Å². The molecule has 4 nitrogen and oxygen atoms in total. The van der Waals surface area contributed by atoms with Crippen molar-refractivity contribution in [2.24, 2.45) is 5.84 Å². The topological polar surface area (TPSA) is 64.3 Å². The first-order valence-electron chi connectivity index (χ1n) is 5.77. The van der Waals surface area contributed by atoms with Crippen LogP contribution in [0.5, 0.6) is 0 Å². The molecular weight excluding hydrogens is 228 g/mol. The van der Waals surface area contributed by atoms with E-state index in [0.717, 1.165) is 27.9 Å². The number of fused-ring (bicyclic) bond motifs is 1. The van der Waals surface area contributed by atoms with Gasteiger partial charge in [0.05, 0.1) is 12.5 Å². The highest BCUT2D eigenvalue weighted by Crippen LogP contribution is 2.29. The number of hydrogen-bond acceptors (Lipinski definition) is 4. The molecule has 1 unspecified atom stereocenters. The highest BCUT2D eigenvalue weighted by Gasteiger charge is 2.18. The monoisotopic (exact) mass is 242 g/mol. The van der Waals surface area contributed by atoms with Crippen LogP contribution in [0.25, 0.3) is 11.0 Å². The molecule has 0 radical (unpaired) electrons. The summed E-state index contributed by atoms with van der Waals surface area (Å²) in [4.78, 5) is 0. The molecule has 4 heteroatoms. The Hall–Kier alpha value is -2.04. The molecule has 0 saturated carbocycles. The maximum absolute atomic E-state index is 5.89. The van der Waals surface area contributed by atoms with Crippen molar-refractivity contribution >= 4 is 11.0 Å². The van der Waals surface area contributed by atoms with Gasteiger partial charge in [-0.3, -0.25) is 5.84 Å². The lowest BCUT2D eigenvalue weighted by Gasteiger charge is -2.10. The van der Waals surface area contributed by atoms with Crippen LogP contribution in [0.4, 0.5) is 0 Å². The fraction of sp³-hybridized carbons (Fsp3) is 0.143. The van der Waals surface area contributed by atoms with Gasteiger partial charge in [0.1, 0.15) is 17.4 Å². The van der Waals surface area contributed by atoms with Gasteiger partial charge in [-0.2, -0.15) is 0 Å². The summed E-state index contributed by atoms with van der Waals surface area (Å²) in [5.41, 5.74) is 5.70. The number of benzene rings is 1. The molecule has 3 N–H and O–H groups in total. The summed E-state index contributed by atoms with van der Waals surface area (Å²) < 4.78 is 11.0. The third-order valence-corrected chi connectivity index (χ3v) is 3.09. The van der Waals surface area contributed by atoms with Crippen LogP contribution in [0.2, 0.25) is 0 Å². The van der Waals surface area contributed by atoms with E-state index in [0.29, 0.717) is 0 Å². The van der Waals surface area contributed by atoms with Crippen LogP contribution in [-0.2, 0) is 0 Å². The number of furan rings is 2. The summed E-state index contributed by atoms with van der Waals surface area (Å²) >= 11 is 0. The van der Waals surface area contributed by atoms with Crippen LogP contribution in [0.3, 0.4) is 0 Å². The van der Waals surface area contributed by atoms with Crippen LogP contribution in [0.15, 0.2) is 51.7 Å². The lowest BCUT2D eigenvalue weighted by molar-refractivity contribution is 0.471. The van der Waals surface area contributed by atoms with Crippen LogP contribution in [0.1, 0.15) is 22.9 Å². The zero-order valence-corrected chi connectivity index (χ0v) is 10.0. The van der Waals surface area contributed by atoms with Crippen LogP contribution < -0.4 is 11.3 Å². The average molecular weight is 242 g/mol. The SMILES string of the molecule is Cc1cccc2cc(C(NN)c3ccoc3)oc12. The van der Waals surface area contributed by atoms with Gasteiger partial charge < -0.3 is 8.83 Å². The van der Waals surface area contributed by atoms with E-state index in [9.17, 15) is 0 Å². The Bertz CT molecular complexity index is 656. The fourth-order valence-electron chi connectivity index (χ4n) is 2.15. The standard InChI is InChI=1S/C14H14N2O2/c1-9-3-2-4-10-7-12(18-14(9)10)13(16-15)11-5-6-17-8-11/h2-8,13,16H,15H2,1H3. The Morgan fingerprint density at radius 1 is 1.28 bits per heavy atom. The van der Waals surface area contributed by atoms with E-state index in [1.165, 1.54) is 0 Å². The Labute approximate surface area is 104 Å². The van der Waals surface area contributed by atoms with E-state index >= 15 is 0 Å². The summed E-state index contributed by atoms with van der Waals surface area (Å²) in [6, 6.07) is 9.73. The van der Waals surface area contributed by atoms with Crippen molar-refractivity contribution in [1.29, 1.82) is 0 Å². The van der Waals surface area contributed by atoms with Crippen molar-refractivity contribution in [2.75, 3.05) is 0 Å². The van der Waals surface area contributed by atoms with Gasteiger partial charge in [0.2, 0.25) is 0 Å². The number of hydrazine groups is 1. The first-order chi connectivity index (χ1) is 8.79. The molecular formula is C14H14N2O2. The van der Waals surface area contributed by atoms with Crippen molar-refractivity contribution in [3.05, 3.63) is 59.7 Å². The molecule has 92 valence electrons. The van der Waals surface area contributed by atoms with Gasteiger partial charge in [0.25, 0.3) is 0 Å². The second-order valence-corrected chi connectivity index (χ2v) is 4.30. The minimum atomic E-state index is -0.199. The molecule has 18 heavy (non-hydrogen) atoms. The van der Waals surface area contributed by atoms with Crippen molar-refractivity contribution < 1.29 is 8.83 Å². The van der Waals surface area contributed by atoms with E-state index in [-0.39, 0.29) is 6.04 Å². The normalized spacial score (nSPS) is 13.0. The highest BCUT2D eigenvalue weighted by molar-refractivity contribution is 5.81. The minimum Gasteiger partial charge on any atom is -0.472 e. The zero-order valence-electron chi connectivity index (χ0n) is 10.0. The Balaban J connectivity index is 2.11. The Morgan fingerprint density at radius 3 is 2.83 bits per heavy atom. The number of aryl methyl sites for hydroxylation is 1. The van der Waals surface area contributed by atoms with Gasteiger partial charge in [0, 0.05) is 10.9 Å². The van der Waals surface area contributed by atoms with Crippen LogP contribution >= 0.6 is 0 Å². The fourth-order valence-corrected chi connectivity index (χ4v) is 2.15. The maximum atomic E-state index is 5.89. The average Bonchev–Trinajstić information content (AvgIpc) is 3.00. The lowest BCUT2D eigenvalue weighted by Crippen LogP contribution is -2.28. The van der Waals surface area contributed by atoms with Crippen LogP contribution in [-0.4, -0.2) is 0 Å². The van der Waals surface area contributed by atoms with Gasteiger partial charge in [-0.15, -0.1) is 0 Å². The molecule has 0 aliphatic heterocycles. The first-order valence-corrected chi connectivity index (χ1v) is 5.77. The number of hydrogen-bond donors (Lipinski definition) is 2. The van der Waals surface area contributed by atoms with Gasteiger partial charge in [-0.05, 0) is 24.6 Å². The largest absolute Gasteiger partial charge is 0.472 e. The molecule has 2 heterocycles. The number of para-hydroxylation sites is 1. The van der Waals surface area contributed by atoms with E-state index in [1.807, 2.05) is 37.3 Å². The van der Waals surface area contributed by atoms with E-state index in [4.69, 9.17) is 14.7 Å². The molecule has 0 saturated heterocycles. The van der Waals surface area contributed by atoms with Gasteiger partial charge in [0.15, 0.2) is 0 Å². The third-order valence-electron chi connectivity index (χ3n) is 3.09. The van der Waals surface area contributed by atoms with Gasteiger partial charge >= 0.3 is 0 Å². The van der Waals surface area contributed by atoms with E-state index < -0.39 is 0 Å². The maximum Gasteiger partial charge on any atom is 0.137 e. The molecule has 0 aliphatic carbocycles. The lowest BCUT2D eigenvalue weighted by atomic mass is 10.1. The Kier molecular flexibility index (Phi) is 2.66. The number of rotatable bonds is 3. The molecule has 1 aromatic carbocycles. The Morgan fingerprint density at radius 2 is 2.17 bits per heavy atom. The van der Waals surface area contributed by atoms with Crippen molar-refractivity contribution in [3.63, 3.8) is 0 Å². The highest BCUT2D eigenvalue weighted by atomic mass is 16.3. The van der Waals surface area contributed by atoms with Crippen LogP contribution in [0, 0.1) is 6.92 Å². The molecule has 0 fully saturated rings. The van der Waals surface area contributed by atoms with E-state index in [1.54, 1.807) is 12.5 Å². The first kappa shape index (κ1) is 11.1. The molecule has 3 rings (SSSR count). The summed E-state index contributed by atoms with van der Waals surface area (Å²) in [6.07, 6.45) is 3.28. The molecule has 1 atom stereocenters. The van der Waals surface area contributed by atoms with Crippen molar-refractivity contribution in [2.45, 2.75) is 13.0 Å². The molecule has 3 aromatic rings. The molecule has 0 bridgehead atoms. The predicted molar refractivity (Wildman–Crippen MR) is 68.8 cm³/mol. The summed E-state index contributed by atoms with van der Waals surface area (Å²) in [7, 11) is 0. The quantitative estimate of drug-likeness (QED) is 0.547. The number of nitrogens with one attached hydrogen (secondary N) is 1. The summed E-state index contributed by atoms with van der Waals surface area (Å²) in [5.74, 6) is 6.38. The number of nitrogens with two attached hydrogens (primary N) is 1. The van der Waals surface area contributed by atoms with Gasteiger partial charge in [-0.25, -0.2) is 5.43 Å². The smallest absolute Gasteiger partial charge is 0.137 e. The van der Waals surface area contributed by atoms with Crippen molar-refractivity contribution in [3.8, 4) is 0 Å². The minimum absolute atomic E-state index is 0.199. The molecule has 2 aromatic heterocycles. The predicted octanol–water partition coefficient (Wildman–Crippen LogP) is 2.89. The second kappa shape index (κ2) is 4.33. The van der Waals surface area contributed by atoms with E-state index in [2.05, 4.69) is 5.43 Å². The summed E-state index contributed by atoms with van der Waals surface area (Å²) in [5, 5.41) is 1.08. The molecule has 0 aliphatic rings. The second-order valence-electron chi connectivity index (χ2n) is 4.30. The molecule has 0 amide bonds. The third kappa shape index (κ3) is 1.72. The van der Waals surface area contributed by atoms with Crippen molar-refractivity contribution in [1.82, 2.24) is 5.43 Å². The molecule has 0 spiro atoms.